The number of aliphatic carboxylic acids is 1. The maximum atomic E-state index is 10.7. The zero-order valence-corrected chi connectivity index (χ0v) is 8.93. The molecule has 0 unspecified atom stereocenters. The lowest BCUT2D eigenvalue weighted by atomic mass is 10.0. The van der Waals surface area contributed by atoms with E-state index in [0.29, 0.717) is 0 Å². The van der Waals surface area contributed by atoms with Gasteiger partial charge in [0.2, 0.25) is 0 Å². The van der Waals surface area contributed by atoms with E-state index < -0.39 is 5.97 Å². The Morgan fingerprint density at radius 2 is 2.43 bits per heavy atom. The molecule has 1 aromatic heterocycles. The first-order valence-corrected chi connectivity index (χ1v) is 5.71. The molecule has 1 aliphatic rings. The number of thiazole rings is 1. The summed E-state index contributed by atoms with van der Waals surface area (Å²) in [5.41, 5.74) is 0.978. The minimum absolute atomic E-state index is 0.107. The molecule has 0 spiro atoms. The summed E-state index contributed by atoms with van der Waals surface area (Å²) in [5.74, 6) is -0.712. The number of carbonyl (C=O) groups is 1. The molecule has 0 bridgehead atoms. The third-order valence-electron chi connectivity index (χ3n) is 2.71. The van der Waals surface area contributed by atoms with Gasteiger partial charge < -0.3 is 5.11 Å². The monoisotopic (exact) mass is 211 g/mol. The van der Waals surface area contributed by atoms with Crippen LogP contribution in [-0.2, 0) is 16.6 Å². The van der Waals surface area contributed by atoms with Crippen molar-refractivity contribution in [2.24, 2.45) is 0 Å². The van der Waals surface area contributed by atoms with Crippen LogP contribution in [-0.4, -0.2) is 16.1 Å². The molecule has 1 fully saturated rings. The van der Waals surface area contributed by atoms with Crippen LogP contribution in [0.15, 0.2) is 5.38 Å². The van der Waals surface area contributed by atoms with E-state index in [1.54, 1.807) is 11.3 Å². The fourth-order valence-electron chi connectivity index (χ4n) is 1.62. The summed E-state index contributed by atoms with van der Waals surface area (Å²) >= 11 is 1.61. The van der Waals surface area contributed by atoms with E-state index in [1.807, 2.05) is 5.38 Å². The molecule has 0 amide bonds. The fourth-order valence-corrected chi connectivity index (χ4v) is 2.78. The van der Waals surface area contributed by atoms with Crippen LogP contribution in [0.25, 0.3) is 0 Å². The van der Waals surface area contributed by atoms with Crippen molar-refractivity contribution in [2.75, 3.05) is 0 Å². The van der Waals surface area contributed by atoms with Crippen LogP contribution in [0.3, 0.4) is 0 Å². The summed E-state index contributed by atoms with van der Waals surface area (Å²) in [4.78, 5) is 15.2. The third kappa shape index (κ3) is 1.66. The lowest BCUT2D eigenvalue weighted by Gasteiger charge is -2.07. The zero-order valence-electron chi connectivity index (χ0n) is 8.12. The minimum atomic E-state index is -0.712. The molecule has 2 rings (SSSR count). The Balaban J connectivity index is 2.17. The van der Waals surface area contributed by atoms with E-state index in [0.717, 1.165) is 30.0 Å². The van der Waals surface area contributed by atoms with Crippen molar-refractivity contribution in [3.05, 3.63) is 16.1 Å². The second-order valence-electron chi connectivity index (χ2n) is 3.85. The molecule has 1 aromatic rings. The molecular formula is C10H13NO2S. The van der Waals surface area contributed by atoms with Crippen LogP contribution in [0.2, 0.25) is 0 Å². The van der Waals surface area contributed by atoms with Gasteiger partial charge in [-0.2, -0.15) is 0 Å². The molecule has 1 heterocycles. The molecule has 0 aromatic carbocycles. The smallest absolute Gasteiger partial charge is 0.304 e. The van der Waals surface area contributed by atoms with Crippen molar-refractivity contribution in [1.29, 1.82) is 0 Å². The average molecular weight is 211 g/mol. The van der Waals surface area contributed by atoms with Gasteiger partial charge in [0.15, 0.2) is 0 Å². The maximum Gasteiger partial charge on any atom is 0.304 e. The average Bonchev–Trinajstić information content (AvgIpc) is 2.76. The molecular weight excluding hydrogens is 198 g/mol. The van der Waals surface area contributed by atoms with Gasteiger partial charge in [0.1, 0.15) is 0 Å². The van der Waals surface area contributed by atoms with E-state index in [2.05, 4.69) is 11.9 Å². The predicted octanol–water partition coefficient (Wildman–Crippen LogP) is 2.21. The van der Waals surface area contributed by atoms with Crippen molar-refractivity contribution in [3.63, 3.8) is 0 Å². The number of hydrogen-bond donors (Lipinski definition) is 1. The van der Waals surface area contributed by atoms with Gasteiger partial charge >= 0.3 is 5.97 Å². The Morgan fingerprint density at radius 1 is 1.71 bits per heavy atom. The number of nitrogens with zero attached hydrogens (tertiary/aromatic N) is 1. The van der Waals surface area contributed by atoms with Crippen LogP contribution < -0.4 is 0 Å². The Labute approximate surface area is 86.8 Å². The highest BCUT2D eigenvalue weighted by Crippen LogP contribution is 2.51. The Bertz CT molecular complexity index is 355. The van der Waals surface area contributed by atoms with Crippen molar-refractivity contribution in [1.82, 2.24) is 4.98 Å². The molecule has 1 saturated carbocycles. The molecule has 4 heteroatoms. The summed E-state index contributed by atoms with van der Waals surface area (Å²) in [6, 6.07) is 0. The third-order valence-corrected chi connectivity index (χ3v) is 3.85. The van der Waals surface area contributed by atoms with Gasteiger partial charge in [0, 0.05) is 10.8 Å². The molecule has 0 saturated heterocycles. The van der Waals surface area contributed by atoms with Crippen molar-refractivity contribution in [2.45, 2.75) is 38.0 Å². The van der Waals surface area contributed by atoms with Crippen LogP contribution in [0.4, 0.5) is 0 Å². The van der Waals surface area contributed by atoms with Crippen LogP contribution in [0, 0.1) is 0 Å². The molecule has 0 radical (unpaired) electrons. The normalized spacial score (nSPS) is 18.1. The minimum Gasteiger partial charge on any atom is -0.481 e. The SMILES string of the molecule is CCc1csc(C2(CC(=O)O)CC2)n1. The lowest BCUT2D eigenvalue weighted by Crippen LogP contribution is -2.12. The number of aryl methyl sites for hydroxylation is 1. The van der Waals surface area contributed by atoms with Crippen molar-refractivity contribution >= 4 is 17.3 Å². The Hall–Kier alpha value is -0.900. The summed E-state index contributed by atoms with van der Waals surface area (Å²) in [7, 11) is 0. The number of carboxylic acid groups (broad SMARTS) is 1. The highest BCUT2D eigenvalue weighted by Gasteiger charge is 2.48. The number of rotatable bonds is 4. The number of aromatic nitrogens is 1. The van der Waals surface area contributed by atoms with E-state index in [1.165, 1.54) is 0 Å². The second kappa shape index (κ2) is 3.35. The Morgan fingerprint density at radius 3 is 2.86 bits per heavy atom. The molecule has 76 valence electrons. The van der Waals surface area contributed by atoms with Crippen molar-refractivity contribution in [3.8, 4) is 0 Å². The number of carboxylic acids is 1. The van der Waals surface area contributed by atoms with Gasteiger partial charge in [-0.3, -0.25) is 4.79 Å². The second-order valence-corrected chi connectivity index (χ2v) is 4.71. The highest BCUT2D eigenvalue weighted by molar-refractivity contribution is 7.09. The van der Waals surface area contributed by atoms with E-state index in [4.69, 9.17) is 5.11 Å². The first-order valence-electron chi connectivity index (χ1n) is 4.83. The zero-order chi connectivity index (χ0) is 10.2. The van der Waals surface area contributed by atoms with Crippen LogP contribution >= 0.6 is 11.3 Å². The van der Waals surface area contributed by atoms with E-state index >= 15 is 0 Å². The quantitative estimate of drug-likeness (QED) is 0.830. The summed E-state index contributed by atoms with van der Waals surface area (Å²) in [5, 5.41) is 11.9. The topological polar surface area (TPSA) is 50.2 Å². The molecule has 0 atom stereocenters. The molecule has 14 heavy (non-hydrogen) atoms. The fraction of sp³-hybridized carbons (Fsp3) is 0.600. The van der Waals surface area contributed by atoms with Gasteiger partial charge in [-0.1, -0.05) is 6.92 Å². The van der Waals surface area contributed by atoms with Crippen molar-refractivity contribution < 1.29 is 9.90 Å². The lowest BCUT2D eigenvalue weighted by molar-refractivity contribution is -0.137. The summed E-state index contributed by atoms with van der Waals surface area (Å²) in [6.45, 7) is 2.07. The van der Waals surface area contributed by atoms with Crippen LogP contribution in [0.1, 0.15) is 36.9 Å². The maximum absolute atomic E-state index is 10.7. The molecule has 1 aliphatic carbocycles. The van der Waals surface area contributed by atoms with E-state index in [9.17, 15) is 4.79 Å². The molecule has 0 aliphatic heterocycles. The standard InChI is InChI=1S/C10H13NO2S/c1-2-7-6-14-9(11-7)10(3-4-10)5-8(12)13/h6H,2-5H2,1H3,(H,12,13). The highest BCUT2D eigenvalue weighted by atomic mass is 32.1. The van der Waals surface area contributed by atoms with Gasteiger partial charge in [0.05, 0.1) is 17.1 Å². The summed E-state index contributed by atoms with van der Waals surface area (Å²) < 4.78 is 0. The van der Waals surface area contributed by atoms with Gasteiger partial charge in [-0.15, -0.1) is 11.3 Å². The molecule has 1 N–H and O–H groups in total. The largest absolute Gasteiger partial charge is 0.481 e. The van der Waals surface area contributed by atoms with Crippen LogP contribution in [0.5, 0.6) is 0 Å². The summed E-state index contributed by atoms with van der Waals surface area (Å²) in [6.07, 6.45) is 3.13. The Kier molecular flexibility index (Phi) is 2.31. The van der Waals surface area contributed by atoms with E-state index in [-0.39, 0.29) is 11.8 Å². The van der Waals surface area contributed by atoms with Gasteiger partial charge in [-0.25, -0.2) is 4.98 Å². The van der Waals surface area contributed by atoms with Gasteiger partial charge in [0.25, 0.3) is 0 Å². The molecule has 3 nitrogen and oxygen atoms in total. The predicted molar refractivity (Wildman–Crippen MR) is 54.7 cm³/mol. The number of hydrogen-bond acceptors (Lipinski definition) is 3. The first-order chi connectivity index (χ1) is 6.66. The first kappa shape index (κ1) is 9.65. The van der Waals surface area contributed by atoms with Gasteiger partial charge in [-0.05, 0) is 19.3 Å².